The molecule has 0 bridgehead atoms. The van der Waals surface area contributed by atoms with Crippen molar-refractivity contribution in [2.24, 2.45) is 16.8 Å². The minimum Gasteiger partial charge on any atom is -0.497 e. The smallest absolute Gasteiger partial charge is 0.310 e. The highest BCUT2D eigenvalue weighted by molar-refractivity contribution is 5.82. The predicted molar refractivity (Wildman–Crippen MR) is 101 cm³/mol. The van der Waals surface area contributed by atoms with Crippen LogP contribution >= 0.6 is 0 Å². The van der Waals surface area contributed by atoms with E-state index < -0.39 is 0 Å². The van der Waals surface area contributed by atoms with Gasteiger partial charge in [0.25, 0.3) is 0 Å². The molecule has 2 atom stereocenters. The Kier molecular flexibility index (Phi) is 7.56. The van der Waals surface area contributed by atoms with Gasteiger partial charge < -0.3 is 24.4 Å². The van der Waals surface area contributed by atoms with Gasteiger partial charge in [0.1, 0.15) is 11.5 Å². The fraction of sp³-hybridized carbons (Fsp3) is 0.579. The van der Waals surface area contributed by atoms with Gasteiger partial charge in [0, 0.05) is 32.7 Å². The van der Waals surface area contributed by atoms with E-state index in [2.05, 4.69) is 22.1 Å². The number of methoxy groups -OCH3 is 2. The lowest BCUT2D eigenvalue weighted by molar-refractivity contribution is -0.145. The molecule has 0 aromatic heterocycles. The quantitative estimate of drug-likeness (QED) is 0.345. The highest BCUT2D eigenvalue weighted by atomic mass is 16.5. The summed E-state index contributed by atoms with van der Waals surface area (Å²) in [6.07, 6.45) is 0.833. The minimum atomic E-state index is -0.151. The van der Waals surface area contributed by atoms with E-state index in [-0.39, 0.29) is 17.8 Å². The van der Waals surface area contributed by atoms with Gasteiger partial charge in [0.2, 0.25) is 0 Å². The van der Waals surface area contributed by atoms with Gasteiger partial charge in [-0.2, -0.15) is 0 Å². The number of guanidine groups is 1. The molecule has 2 rings (SSSR count). The third-order valence-corrected chi connectivity index (χ3v) is 4.54. The summed E-state index contributed by atoms with van der Waals surface area (Å²) in [5.41, 5.74) is 0. The van der Waals surface area contributed by atoms with Gasteiger partial charge in [-0.1, -0.05) is 13.0 Å². The maximum absolute atomic E-state index is 11.8. The van der Waals surface area contributed by atoms with Crippen LogP contribution in [0.1, 0.15) is 13.3 Å². The Morgan fingerprint density at radius 1 is 1.31 bits per heavy atom. The van der Waals surface area contributed by atoms with Gasteiger partial charge in [-0.3, -0.25) is 9.79 Å². The normalized spacial score (nSPS) is 20.0. The second kappa shape index (κ2) is 9.89. The molecule has 1 aromatic rings. The predicted octanol–water partition coefficient (Wildman–Crippen LogP) is 1.78. The standard InChI is InChI=1S/C19H29N3O4/c1-14-12-22(13-17(14)18(23)25-4)19(20-2)21-9-6-10-26-16-8-5-7-15(11-16)24-3/h5,7-8,11,14,17H,6,9-10,12-13H2,1-4H3,(H,20,21). The van der Waals surface area contributed by atoms with E-state index in [0.29, 0.717) is 13.2 Å². The molecule has 2 unspecified atom stereocenters. The number of ether oxygens (including phenoxy) is 3. The number of nitrogens with one attached hydrogen (secondary N) is 1. The molecule has 0 radical (unpaired) electrons. The number of hydrogen-bond acceptors (Lipinski definition) is 5. The van der Waals surface area contributed by atoms with Gasteiger partial charge in [0.05, 0.1) is 26.7 Å². The number of hydrogen-bond donors (Lipinski definition) is 1. The monoisotopic (exact) mass is 363 g/mol. The lowest BCUT2D eigenvalue weighted by Crippen LogP contribution is -2.41. The minimum absolute atomic E-state index is 0.102. The SMILES string of the molecule is CN=C(NCCCOc1cccc(OC)c1)N1CC(C)C(C(=O)OC)C1. The van der Waals surface area contributed by atoms with E-state index >= 15 is 0 Å². The van der Waals surface area contributed by atoms with Crippen LogP contribution in [0.5, 0.6) is 11.5 Å². The molecule has 0 amide bonds. The van der Waals surface area contributed by atoms with Crippen molar-refractivity contribution in [1.82, 2.24) is 10.2 Å². The van der Waals surface area contributed by atoms with Crippen LogP contribution in [0.4, 0.5) is 0 Å². The van der Waals surface area contributed by atoms with E-state index in [4.69, 9.17) is 14.2 Å². The van der Waals surface area contributed by atoms with E-state index in [0.717, 1.165) is 37.0 Å². The van der Waals surface area contributed by atoms with Crippen LogP contribution in [-0.4, -0.2) is 64.3 Å². The molecule has 1 aromatic carbocycles. The third kappa shape index (κ3) is 5.28. The van der Waals surface area contributed by atoms with Crippen molar-refractivity contribution in [3.8, 4) is 11.5 Å². The number of rotatable bonds is 7. The van der Waals surface area contributed by atoms with Gasteiger partial charge in [-0.25, -0.2) is 0 Å². The summed E-state index contributed by atoms with van der Waals surface area (Å²) in [5.74, 6) is 2.38. The van der Waals surface area contributed by atoms with Gasteiger partial charge in [-0.05, 0) is 24.5 Å². The number of carbonyl (C=O) groups excluding carboxylic acids is 1. The second-order valence-corrected chi connectivity index (χ2v) is 6.37. The number of nitrogens with zero attached hydrogens (tertiary/aromatic N) is 2. The number of aliphatic imine (C=N–C) groups is 1. The summed E-state index contributed by atoms with van der Waals surface area (Å²) >= 11 is 0. The molecule has 1 aliphatic rings. The summed E-state index contributed by atoms with van der Waals surface area (Å²) in [4.78, 5) is 18.3. The Bertz CT molecular complexity index is 621. The summed E-state index contributed by atoms with van der Waals surface area (Å²) in [6, 6.07) is 7.57. The van der Waals surface area contributed by atoms with Crippen LogP contribution in [0.3, 0.4) is 0 Å². The van der Waals surface area contributed by atoms with E-state index in [9.17, 15) is 4.79 Å². The molecule has 144 valence electrons. The van der Waals surface area contributed by atoms with Crippen LogP contribution < -0.4 is 14.8 Å². The number of esters is 1. The highest BCUT2D eigenvalue weighted by Gasteiger charge is 2.36. The molecule has 0 saturated carbocycles. The average molecular weight is 363 g/mol. The lowest BCUT2D eigenvalue weighted by atomic mass is 9.99. The van der Waals surface area contributed by atoms with Crippen molar-refractivity contribution in [3.63, 3.8) is 0 Å². The molecule has 1 saturated heterocycles. The maximum Gasteiger partial charge on any atom is 0.310 e. The van der Waals surface area contributed by atoms with Crippen LogP contribution in [0.25, 0.3) is 0 Å². The highest BCUT2D eigenvalue weighted by Crippen LogP contribution is 2.24. The number of likely N-dealkylation sites (tertiary alicyclic amines) is 1. The molecular weight excluding hydrogens is 334 g/mol. The molecule has 1 aliphatic heterocycles. The zero-order valence-electron chi connectivity index (χ0n) is 16.0. The molecule has 0 spiro atoms. The van der Waals surface area contributed by atoms with Crippen molar-refractivity contribution in [1.29, 1.82) is 0 Å². The van der Waals surface area contributed by atoms with Crippen LogP contribution in [0.2, 0.25) is 0 Å². The van der Waals surface area contributed by atoms with E-state index in [1.807, 2.05) is 24.3 Å². The molecule has 26 heavy (non-hydrogen) atoms. The first-order valence-electron chi connectivity index (χ1n) is 8.89. The fourth-order valence-corrected chi connectivity index (χ4v) is 3.08. The van der Waals surface area contributed by atoms with Gasteiger partial charge in [-0.15, -0.1) is 0 Å². The largest absolute Gasteiger partial charge is 0.497 e. The van der Waals surface area contributed by atoms with E-state index in [1.165, 1.54) is 7.11 Å². The van der Waals surface area contributed by atoms with Gasteiger partial charge in [0.15, 0.2) is 5.96 Å². The summed E-state index contributed by atoms with van der Waals surface area (Å²) < 4.78 is 15.8. The molecule has 0 aliphatic carbocycles. The molecule has 7 heteroatoms. The topological polar surface area (TPSA) is 72.4 Å². The first-order chi connectivity index (χ1) is 12.6. The molecular formula is C19H29N3O4. The summed E-state index contributed by atoms with van der Waals surface area (Å²) in [6.45, 7) is 4.83. The molecule has 1 N–H and O–H groups in total. The number of carbonyl (C=O) groups is 1. The van der Waals surface area contributed by atoms with Crippen LogP contribution in [0.15, 0.2) is 29.3 Å². The lowest BCUT2D eigenvalue weighted by Gasteiger charge is -2.21. The second-order valence-electron chi connectivity index (χ2n) is 6.37. The Morgan fingerprint density at radius 2 is 2.08 bits per heavy atom. The third-order valence-electron chi connectivity index (χ3n) is 4.54. The zero-order valence-corrected chi connectivity index (χ0v) is 16.0. The van der Waals surface area contributed by atoms with Gasteiger partial charge >= 0.3 is 5.97 Å². The Labute approximate surface area is 155 Å². The Balaban J connectivity index is 1.73. The summed E-state index contributed by atoms with van der Waals surface area (Å²) in [5, 5.41) is 3.34. The maximum atomic E-state index is 11.8. The van der Waals surface area contributed by atoms with Crippen molar-refractivity contribution in [2.45, 2.75) is 13.3 Å². The first kappa shape index (κ1) is 19.9. The average Bonchev–Trinajstić information content (AvgIpc) is 3.05. The Hall–Kier alpha value is -2.44. The fourth-order valence-electron chi connectivity index (χ4n) is 3.08. The first-order valence-corrected chi connectivity index (χ1v) is 8.89. The zero-order chi connectivity index (χ0) is 18.9. The van der Waals surface area contributed by atoms with Crippen LogP contribution in [-0.2, 0) is 9.53 Å². The van der Waals surface area contributed by atoms with Crippen molar-refractivity contribution in [3.05, 3.63) is 24.3 Å². The molecule has 1 heterocycles. The van der Waals surface area contributed by atoms with E-state index in [1.54, 1.807) is 14.2 Å². The molecule has 1 fully saturated rings. The number of benzene rings is 1. The van der Waals surface area contributed by atoms with Crippen LogP contribution in [0, 0.1) is 11.8 Å². The summed E-state index contributed by atoms with van der Waals surface area (Å²) in [7, 11) is 4.83. The van der Waals surface area contributed by atoms with Crippen molar-refractivity contribution in [2.75, 3.05) is 47.5 Å². The van der Waals surface area contributed by atoms with Crippen molar-refractivity contribution >= 4 is 11.9 Å². The van der Waals surface area contributed by atoms with Crippen molar-refractivity contribution < 1.29 is 19.0 Å². The Morgan fingerprint density at radius 3 is 2.77 bits per heavy atom. The molecule has 7 nitrogen and oxygen atoms in total.